The molecule has 1 aliphatic rings. The summed E-state index contributed by atoms with van der Waals surface area (Å²) < 4.78 is 16.7. The average molecular weight is 242 g/mol. The number of hydrogen-bond donors (Lipinski definition) is 0. The minimum Gasteiger partial charge on any atom is -0.460 e. The van der Waals surface area contributed by atoms with Gasteiger partial charge in [0.2, 0.25) is 0 Å². The predicted octanol–water partition coefficient (Wildman–Crippen LogP) is 2.42. The van der Waals surface area contributed by atoms with Crippen LogP contribution in [0, 0.1) is 0 Å². The summed E-state index contributed by atoms with van der Waals surface area (Å²) in [4.78, 5) is 11.7. The van der Waals surface area contributed by atoms with Crippen LogP contribution in [0.15, 0.2) is 0 Å². The first kappa shape index (κ1) is 14.5. The fraction of sp³-hybridized carbons (Fsp3) is 0.917. The van der Waals surface area contributed by atoms with Crippen molar-refractivity contribution in [3.05, 3.63) is 0 Å². The molecule has 0 bridgehead atoms. The number of esters is 1. The van der Waals surface area contributed by atoms with E-state index in [2.05, 4.69) is 0 Å². The quantitative estimate of drug-likeness (QED) is 0.551. The van der Waals surface area contributed by atoms with Crippen LogP contribution in [0.3, 0.4) is 0 Å². The molecule has 0 aromatic rings. The van der Waals surface area contributed by atoms with Gasteiger partial charge < -0.3 is 14.0 Å². The van der Waals surface area contributed by atoms with E-state index in [-0.39, 0.29) is 12.3 Å². The molecule has 1 heterocycles. The van der Waals surface area contributed by atoms with Crippen LogP contribution in [0.4, 0.5) is 0 Å². The second-order valence-electron chi connectivity index (χ2n) is 6.48. The maximum atomic E-state index is 11.7. The molecule has 1 fully saturated rings. The van der Waals surface area contributed by atoms with Crippen molar-refractivity contribution in [3.63, 3.8) is 0 Å². The summed E-state index contributed by atoms with van der Waals surface area (Å²) in [6, 6.07) is 0. The fourth-order valence-corrected chi connectivity index (χ4v) is 1.57. The van der Waals surface area contributed by atoms with Crippen molar-refractivity contribution in [2.75, 3.05) is 0 Å². The molecule has 0 amide bonds. The monoisotopic (exact) mass is 242 g/mol. The average Bonchev–Trinajstić information content (AvgIpc) is 2.13. The Morgan fingerprint density at radius 1 is 1.12 bits per heavy atom. The van der Waals surface area contributed by atoms with Gasteiger partial charge in [-0.1, -0.05) is 0 Å². The van der Waals surface area contributed by atoms with Gasteiger partial charge in [-0.05, 0) is 48.5 Å². The number of hydrogen-bond acceptors (Lipinski definition) is 4. The molecule has 0 saturated carbocycles. The number of rotatable bonds is 2. The molecule has 1 aliphatic heterocycles. The van der Waals surface area contributed by atoms with Crippen molar-refractivity contribution >= 4 is 13.1 Å². The molecule has 0 aromatic carbocycles. The third kappa shape index (κ3) is 3.71. The molecule has 1 rings (SSSR count). The zero-order chi connectivity index (χ0) is 13.5. The van der Waals surface area contributed by atoms with Crippen molar-refractivity contribution in [2.24, 2.45) is 0 Å². The van der Waals surface area contributed by atoms with Gasteiger partial charge in [-0.2, -0.15) is 0 Å². The Kier molecular flexibility index (Phi) is 3.66. The summed E-state index contributed by atoms with van der Waals surface area (Å²) in [5.74, 6) is -0.295. The molecular weight excluding hydrogens is 219 g/mol. The molecule has 4 nitrogen and oxygen atoms in total. The van der Waals surface area contributed by atoms with Crippen molar-refractivity contribution in [2.45, 2.75) is 71.6 Å². The summed E-state index contributed by atoms with van der Waals surface area (Å²) in [7, 11) is -0.519. The van der Waals surface area contributed by atoms with E-state index in [9.17, 15) is 4.79 Å². The van der Waals surface area contributed by atoms with Crippen LogP contribution >= 0.6 is 0 Å². The van der Waals surface area contributed by atoms with Gasteiger partial charge in [-0.15, -0.1) is 0 Å². The molecule has 98 valence electrons. The van der Waals surface area contributed by atoms with Crippen molar-refractivity contribution in [3.8, 4) is 0 Å². The lowest BCUT2D eigenvalue weighted by molar-refractivity contribution is -0.152. The maximum absolute atomic E-state index is 11.7. The summed E-state index contributed by atoms with van der Waals surface area (Å²) >= 11 is 0. The maximum Gasteiger partial charge on any atom is 0.469 e. The smallest absolute Gasteiger partial charge is 0.460 e. The van der Waals surface area contributed by atoms with Gasteiger partial charge in [-0.3, -0.25) is 4.79 Å². The van der Waals surface area contributed by atoms with E-state index in [1.54, 1.807) is 0 Å². The van der Waals surface area contributed by atoms with E-state index in [4.69, 9.17) is 14.0 Å². The molecule has 0 aliphatic carbocycles. The Labute approximate surface area is 104 Å². The van der Waals surface area contributed by atoms with Crippen molar-refractivity contribution in [1.29, 1.82) is 0 Å². The molecule has 0 spiro atoms. The molecule has 0 radical (unpaired) electrons. The largest absolute Gasteiger partial charge is 0.469 e. The van der Waals surface area contributed by atoms with Crippen molar-refractivity contribution < 1.29 is 18.8 Å². The highest BCUT2D eigenvalue weighted by Gasteiger charge is 2.51. The summed E-state index contributed by atoms with van der Waals surface area (Å²) in [5.41, 5.74) is -1.28. The standard InChI is InChI=1S/C12H23BO4/c1-10(2,3)15-9(14)8-13-16-11(4,5)12(6,7)17-13/h8H2,1-7H3. The first-order chi connectivity index (χ1) is 7.43. The van der Waals surface area contributed by atoms with Crippen LogP contribution in [0.2, 0.25) is 6.32 Å². The van der Waals surface area contributed by atoms with E-state index in [0.717, 1.165) is 0 Å². The highest BCUT2D eigenvalue weighted by Crippen LogP contribution is 2.37. The molecule has 0 unspecified atom stereocenters. The second kappa shape index (κ2) is 4.28. The summed E-state index contributed by atoms with van der Waals surface area (Å²) in [6.45, 7) is 13.4. The van der Waals surface area contributed by atoms with Crippen LogP contribution < -0.4 is 0 Å². The molecule has 5 heteroatoms. The van der Waals surface area contributed by atoms with E-state index in [1.165, 1.54) is 0 Å². The van der Waals surface area contributed by atoms with Crippen LogP contribution in [-0.4, -0.2) is 29.9 Å². The molecular formula is C12H23BO4. The normalized spacial score (nSPS) is 22.6. The fourth-order valence-electron chi connectivity index (χ4n) is 1.57. The number of carbonyl (C=O) groups is 1. The lowest BCUT2D eigenvalue weighted by Crippen LogP contribution is -2.41. The zero-order valence-electron chi connectivity index (χ0n) is 11.9. The molecule has 17 heavy (non-hydrogen) atoms. The van der Waals surface area contributed by atoms with Gasteiger partial charge in [0, 0.05) is 0 Å². The van der Waals surface area contributed by atoms with Gasteiger partial charge >= 0.3 is 13.1 Å². The summed E-state index contributed by atoms with van der Waals surface area (Å²) in [5, 5.41) is 0. The Morgan fingerprint density at radius 2 is 1.53 bits per heavy atom. The SMILES string of the molecule is CC(C)(C)OC(=O)CB1OC(C)(C)C(C)(C)O1. The Balaban J connectivity index is 2.54. The van der Waals surface area contributed by atoms with Crippen molar-refractivity contribution in [1.82, 2.24) is 0 Å². The molecule has 0 aromatic heterocycles. The van der Waals surface area contributed by atoms with Gasteiger partial charge in [0.1, 0.15) is 5.60 Å². The van der Waals surface area contributed by atoms with Crippen LogP contribution in [-0.2, 0) is 18.8 Å². The third-order valence-corrected chi connectivity index (χ3v) is 3.06. The minimum absolute atomic E-state index is 0.129. The van der Waals surface area contributed by atoms with E-state index < -0.39 is 23.9 Å². The second-order valence-corrected chi connectivity index (χ2v) is 6.48. The third-order valence-electron chi connectivity index (χ3n) is 3.06. The first-order valence-electron chi connectivity index (χ1n) is 6.00. The Bertz CT molecular complexity index is 288. The molecule has 0 N–H and O–H groups in total. The first-order valence-corrected chi connectivity index (χ1v) is 6.00. The summed E-state index contributed by atoms with van der Waals surface area (Å²) in [6.07, 6.45) is 0.129. The zero-order valence-corrected chi connectivity index (χ0v) is 11.9. The Morgan fingerprint density at radius 3 is 1.88 bits per heavy atom. The van der Waals surface area contributed by atoms with E-state index >= 15 is 0 Å². The van der Waals surface area contributed by atoms with Gasteiger partial charge in [-0.25, -0.2) is 0 Å². The van der Waals surface area contributed by atoms with Crippen LogP contribution in [0.5, 0.6) is 0 Å². The number of ether oxygens (including phenoxy) is 1. The van der Waals surface area contributed by atoms with Crippen LogP contribution in [0.25, 0.3) is 0 Å². The lowest BCUT2D eigenvalue weighted by Gasteiger charge is -2.32. The van der Waals surface area contributed by atoms with Gasteiger partial charge in [0.25, 0.3) is 0 Å². The highest BCUT2D eigenvalue weighted by atomic mass is 16.7. The van der Waals surface area contributed by atoms with Gasteiger partial charge in [0.05, 0.1) is 17.5 Å². The lowest BCUT2D eigenvalue weighted by atomic mass is 9.85. The van der Waals surface area contributed by atoms with E-state index in [0.29, 0.717) is 0 Å². The highest BCUT2D eigenvalue weighted by molar-refractivity contribution is 6.50. The minimum atomic E-state index is -0.519. The van der Waals surface area contributed by atoms with Crippen LogP contribution in [0.1, 0.15) is 48.5 Å². The molecule has 1 saturated heterocycles. The van der Waals surface area contributed by atoms with Gasteiger partial charge in [0.15, 0.2) is 0 Å². The van der Waals surface area contributed by atoms with E-state index in [1.807, 2.05) is 48.5 Å². The molecule has 0 atom stereocenters. The topological polar surface area (TPSA) is 44.8 Å². The number of carbonyl (C=O) groups excluding carboxylic acids is 1. The predicted molar refractivity (Wildman–Crippen MR) is 66.7 cm³/mol. The Hall–Kier alpha value is -0.545.